The summed E-state index contributed by atoms with van der Waals surface area (Å²) < 4.78 is 0. The highest BCUT2D eigenvalue weighted by atomic mass is 16.1. The minimum atomic E-state index is 0.261. The van der Waals surface area contributed by atoms with Gasteiger partial charge in [0.1, 0.15) is 5.78 Å². The van der Waals surface area contributed by atoms with Crippen LogP contribution in [-0.4, -0.2) is 5.78 Å². The van der Waals surface area contributed by atoms with Gasteiger partial charge in [-0.3, -0.25) is 4.79 Å². The summed E-state index contributed by atoms with van der Waals surface area (Å²) in [6.07, 6.45) is 2.99. The van der Waals surface area contributed by atoms with Crippen molar-refractivity contribution in [1.29, 1.82) is 0 Å². The molecule has 0 rings (SSSR count). The van der Waals surface area contributed by atoms with E-state index in [4.69, 9.17) is 0 Å². The van der Waals surface area contributed by atoms with Crippen molar-refractivity contribution in [2.75, 3.05) is 0 Å². The molecular weight excluding hydrogens is 160 g/mol. The van der Waals surface area contributed by atoms with Gasteiger partial charge in [0, 0.05) is 12.3 Å². The third-order valence-electron chi connectivity index (χ3n) is 2.61. The van der Waals surface area contributed by atoms with Crippen LogP contribution in [0.5, 0.6) is 0 Å². The van der Waals surface area contributed by atoms with E-state index in [0.29, 0.717) is 17.6 Å². The Bertz CT molecular complexity index is 149. The molecule has 13 heavy (non-hydrogen) atoms. The van der Waals surface area contributed by atoms with Crippen molar-refractivity contribution in [2.24, 2.45) is 17.8 Å². The lowest BCUT2D eigenvalue weighted by Gasteiger charge is -2.15. The molecule has 0 amide bonds. The van der Waals surface area contributed by atoms with Gasteiger partial charge in [0.15, 0.2) is 0 Å². The smallest absolute Gasteiger partial charge is 0.135 e. The van der Waals surface area contributed by atoms with E-state index in [1.54, 1.807) is 0 Å². The summed E-state index contributed by atoms with van der Waals surface area (Å²) in [4.78, 5) is 11.6. The van der Waals surface area contributed by atoms with Crippen molar-refractivity contribution in [2.45, 2.75) is 53.9 Å². The van der Waals surface area contributed by atoms with E-state index in [1.807, 2.05) is 0 Å². The Balaban J connectivity index is 3.82. The molecule has 0 fully saturated rings. The summed E-state index contributed by atoms with van der Waals surface area (Å²) in [5, 5.41) is 0. The Morgan fingerprint density at radius 3 is 2.08 bits per heavy atom. The minimum absolute atomic E-state index is 0.261. The van der Waals surface area contributed by atoms with Crippen LogP contribution in [0.4, 0.5) is 0 Å². The summed E-state index contributed by atoms with van der Waals surface area (Å²) in [5.74, 6) is 1.89. The molecule has 2 atom stereocenters. The molecule has 0 heterocycles. The zero-order valence-corrected chi connectivity index (χ0v) is 9.76. The van der Waals surface area contributed by atoms with E-state index in [1.165, 1.54) is 6.42 Å². The number of ketones is 1. The highest BCUT2D eigenvalue weighted by molar-refractivity contribution is 5.80. The SMILES string of the molecule is CCC(C)CC(C)C(=O)CC(C)C. The van der Waals surface area contributed by atoms with Gasteiger partial charge in [0.2, 0.25) is 0 Å². The maximum atomic E-state index is 11.6. The van der Waals surface area contributed by atoms with Crippen LogP contribution in [0.15, 0.2) is 0 Å². The molecule has 2 unspecified atom stereocenters. The van der Waals surface area contributed by atoms with Crippen molar-refractivity contribution in [3.63, 3.8) is 0 Å². The molecule has 0 aliphatic carbocycles. The van der Waals surface area contributed by atoms with E-state index in [-0.39, 0.29) is 5.92 Å². The van der Waals surface area contributed by atoms with Crippen molar-refractivity contribution in [1.82, 2.24) is 0 Å². The molecule has 78 valence electrons. The van der Waals surface area contributed by atoms with Crippen LogP contribution in [0.25, 0.3) is 0 Å². The zero-order chi connectivity index (χ0) is 10.4. The number of carbonyl (C=O) groups excluding carboxylic acids is 1. The van der Waals surface area contributed by atoms with Crippen LogP contribution in [0.1, 0.15) is 53.9 Å². The Morgan fingerprint density at radius 2 is 1.69 bits per heavy atom. The van der Waals surface area contributed by atoms with Gasteiger partial charge < -0.3 is 0 Å². The fraction of sp³-hybridized carbons (Fsp3) is 0.917. The Kier molecular flexibility index (Phi) is 6.02. The van der Waals surface area contributed by atoms with Crippen molar-refractivity contribution < 1.29 is 4.79 Å². The summed E-state index contributed by atoms with van der Waals surface area (Å²) in [5.41, 5.74) is 0. The van der Waals surface area contributed by atoms with Gasteiger partial charge in [-0.1, -0.05) is 41.0 Å². The van der Waals surface area contributed by atoms with Crippen LogP contribution >= 0.6 is 0 Å². The van der Waals surface area contributed by atoms with E-state index < -0.39 is 0 Å². The molecule has 0 radical (unpaired) electrons. The van der Waals surface area contributed by atoms with Gasteiger partial charge in [0.25, 0.3) is 0 Å². The van der Waals surface area contributed by atoms with Gasteiger partial charge in [-0.15, -0.1) is 0 Å². The average Bonchev–Trinajstić information content (AvgIpc) is 2.02. The van der Waals surface area contributed by atoms with E-state index in [0.717, 1.165) is 12.8 Å². The predicted molar refractivity (Wildman–Crippen MR) is 57.7 cm³/mol. The van der Waals surface area contributed by atoms with Crippen LogP contribution in [0.2, 0.25) is 0 Å². The second-order valence-corrected chi connectivity index (χ2v) is 4.71. The first-order valence-electron chi connectivity index (χ1n) is 5.50. The zero-order valence-electron chi connectivity index (χ0n) is 9.76. The van der Waals surface area contributed by atoms with Crippen molar-refractivity contribution in [3.8, 4) is 0 Å². The van der Waals surface area contributed by atoms with Gasteiger partial charge in [-0.2, -0.15) is 0 Å². The van der Waals surface area contributed by atoms with Gasteiger partial charge in [0.05, 0.1) is 0 Å². The lowest BCUT2D eigenvalue weighted by atomic mass is 9.89. The Hall–Kier alpha value is -0.330. The highest BCUT2D eigenvalue weighted by Crippen LogP contribution is 2.18. The standard InChI is InChI=1S/C12H24O/c1-6-10(4)8-11(5)12(13)7-9(2)3/h9-11H,6-8H2,1-5H3. The summed E-state index contributed by atoms with van der Waals surface area (Å²) >= 11 is 0. The quantitative estimate of drug-likeness (QED) is 0.615. The first kappa shape index (κ1) is 12.7. The normalized spacial score (nSPS) is 15.8. The number of hydrogen-bond donors (Lipinski definition) is 0. The molecule has 0 bridgehead atoms. The lowest BCUT2D eigenvalue weighted by molar-refractivity contribution is -0.123. The van der Waals surface area contributed by atoms with Crippen LogP contribution in [0.3, 0.4) is 0 Å². The van der Waals surface area contributed by atoms with Crippen molar-refractivity contribution in [3.05, 3.63) is 0 Å². The maximum Gasteiger partial charge on any atom is 0.135 e. The maximum absolute atomic E-state index is 11.6. The average molecular weight is 184 g/mol. The van der Waals surface area contributed by atoms with E-state index in [9.17, 15) is 4.79 Å². The number of rotatable bonds is 6. The van der Waals surface area contributed by atoms with Gasteiger partial charge in [-0.05, 0) is 18.3 Å². The molecule has 0 saturated heterocycles. The number of Topliss-reactive ketones (excluding diaryl/α,β-unsaturated/α-hetero) is 1. The molecule has 0 saturated carbocycles. The van der Waals surface area contributed by atoms with Crippen LogP contribution < -0.4 is 0 Å². The minimum Gasteiger partial charge on any atom is -0.299 e. The van der Waals surface area contributed by atoms with E-state index >= 15 is 0 Å². The predicted octanol–water partition coefficient (Wildman–Crippen LogP) is 3.67. The molecule has 0 aliphatic heterocycles. The fourth-order valence-corrected chi connectivity index (χ4v) is 1.51. The summed E-state index contributed by atoms with van der Waals surface area (Å²) in [6, 6.07) is 0. The lowest BCUT2D eigenvalue weighted by Crippen LogP contribution is -2.15. The molecule has 1 heteroatoms. The third-order valence-corrected chi connectivity index (χ3v) is 2.61. The van der Waals surface area contributed by atoms with E-state index in [2.05, 4.69) is 34.6 Å². The number of carbonyl (C=O) groups is 1. The first-order chi connectivity index (χ1) is 5.97. The highest BCUT2D eigenvalue weighted by Gasteiger charge is 2.16. The molecule has 0 aromatic heterocycles. The first-order valence-corrected chi connectivity index (χ1v) is 5.50. The monoisotopic (exact) mass is 184 g/mol. The summed E-state index contributed by atoms with van der Waals surface area (Å²) in [6.45, 7) is 10.7. The Labute approximate surface area is 82.9 Å². The van der Waals surface area contributed by atoms with Crippen LogP contribution in [0, 0.1) is 17.8 Å². The second kappa shape index (κ2) is 6.17. The summed E-state index contributed by atoms with van der Waals surface area (Å²) in [7, 11) is 0. The van der Waals surface area contributed by atoms with Gasteiger partial charge >= 0.3 is 0 Å². The van der Waals surface area contributed by atoms with Crippen molar-refractivity contribution >= 4 is 5.78 Å². The Morgan fingerprint density at radius 1 is 1.15 bits per heavy atom. The fourth-order valence-electron chi connectivity index (χ4n) is 1.51. The number of hydrogen-bond acceptors (Lipinski definition) is 1. The molecule has 0 aromatic carbocycles. The third kappa shape index (κ3) is 5.84. The molecule has 0 aromatic rings. The largest absolute Gasteiger partial charge is 0.299 e. The molecule has 0 N–H and O–H groups in total. The molecule has 0 spiro atoms. The van der Waals surface area contributed by atoms with Gasteiger partial charge in [-0.25, -0.2) is 0 Å². The second-order valence-electron chi connectivity index (χ2n) is 4.71. The molecule has 0 aliphatic rings. The topological polar surface area (TPSA) is 17.1 Å². The van der Waals surface area contributed by atoms with Crippen LogP contribution in [-0.2, 0) is 4.79 Å². The molecule has 1 nitrogen and oxygen atoms in total. The molecular formula is C12H24O.